The van der Waals surface area contributed by atoms with Gasteiger partial charge in [0.05, 0.1) is 32.8 Å². The van der Waals surface area contributed by atoms with Gasteiger partial charge in [-0.2, -0.15) is 0 Å². The van der Waals surface area contributed by atoms with E-state index in [-0.39, 0.29) is 121 Å². The maximum Gasteiger partial charge on any atom is 0.306 e. The SMILES string of the molecule is C=C(C)C[C@@]1(C)[C@H](C)C[C@H](C)[C@@]2(C)C(=O)[C@H](CC(C)=O)C3C(C)C(CC(=O)C(OC(=O)CCC(=O)CCCCOCCOCCOCCCCC)C(CC(=O)c4ccccc4)c4ccccc4)C[C@@](C)(C(CC(=O)c4ccccc4)C12C)[C@H]3C. The fourth-order valence-corrected chi connectivity index (χ4v) is 16.5. The minimum Gasteiger partial charge on any atom is -0.454 e. The Morgan fingerprint density at radius 3 is 1.75 bits per heavy atom. The highest BCUT2D eigenvalue weighted by atomic mass is 16.6. The Hall–Kier alpha value is -5.23. The van der Waals surface area contributed by atoms with Crippen molar-refractivity contribution in [3.63, 3.8) is 0 Å². The predicted molar refractivity (Wildman–Crippen MR) is 332 cm³/mol. The summed E-state index contributed by atoms with van der Waals surface area (Å²) in [5, 5.41) is 0. The highest BCUT2D eigenvalue weighted by Gasteiger charge is 2.74. The number of esters is 1. The van der Waals surface area contributed by atoms with Crippen molar-refractivity contribution in [2.24, 2.45) is 69.0 Å². The third-order valence-electron chi connectivity index (χ3n) is 21.6. The molecule has 0 aromatic heterocycles. The molecule has 7 unspecified atom stereocenters. The van der Waals surface area contributed by atoms with Crippen LogP contribution in [0.2, 0.25) is 0 Å². The second-order valence-corrected chi connectivity index (χ2v) is 26.7. The number of hydrogen-bond acceptors (Lipinski definition) is 11. The monoisotopic (exact) mass is 1150 g/mol. The Kier molecular flexibility index (Phi) is 25.0. The zero-order chi connectivity index (χ0) is 61.4. The number of fused-ring (bicyclic) bond motifs is 3. The van der Waals surface area contributed by atoms with Crippen molar-refractivity contribution in [3.8, 4) is 0 Å². The van der Waals surface area contributed by atoms with E-state index in [2.05, 4.69) is 75.8 Å². The molecule has 0 aliphatic heterocycles. The Morgan fingerprint density at radius 2 is 1.19 bits per heavy atom. The number of ketones is 6. The number of Topliss-reactive ketones (excluding diaryl/α,β-unsaturated/α-hetero) is 6. The third-order valence-corrected chi connectivity index (χ3v) is 21.6. The quantitative estimate of drug-likeness (QED) is 0.0243. The van der Waals surface area contributed by atoms with E-state index in [4.69, 9.17) is 18.9 Å². The van der Waals surface area contributed by atoms with Crippen molar-refractivity contribution in [2.75, 3.05) is 39.6 Å². The summed E-state index contributed by atoms with van der Waals surface area (Å²) in [4.78, 5) is 103. The van der Waals surface area contributed by atoms with Crippen LogP contribution in [0.25, 0.3) is 0 Å². The minimum absolute atomic E-state index is 0.00260. The Morgan fingerprint density at radius 1 is 0.643 bits per heavy atom. The summed E-state index contributed by atoms with van der Waals surface area (Å²) < 4.78 is 23.3. The van der Waals surface area contributed by atoms with E-state index >= 15 is 14.4 Å². The van der Waals surface area contributed by atoms with Gasteiger partial charge in [0.2, 0.25) is 0 Å². The van der Waals surface area contributed by atoms with Crippen LogP contribution in [0.5, 0.6) is 0 Å². The number of carbonyl (C=O) groups is 7. The number of ether oxygens (including phenoxy) is 4. The van der Waals surface area contributed by atoms with Gasteiger partial charge in [-0.05, 0) is 116 Å². The molecule has 6 rings (SSSR count). The van der Waals surface area contributed by atoms with Gasteiger partial charge in [-0.15, -0.1) is 6.58 Å². The van der Waals surface area contributed by atoms with E-state index in [1.165, 1.54) is 0 Å². The Labute approximate surface area is 503 Å². The van der Waals surface area contributed by atoms with Crippen molar-refractivity contribution in [1.82, 2.24) is 0 Å². The zero-order valence-electron chi connectivity index (χ0n) is 53.0. The van der Waals surface area contributed by atoms with Crippen LogP contribution in [0, 0.1) is 69.0 Å². The first-order chi connectivity index (χ1) is 40.0. The van der Waals surface area contributed by atoms with Crippen molar-refractivity contribution in [2.45, 2.75) is 184 Å². The normalized spacial score (nSPS) is 29.1. The van der Waals surface area contributed by atoms with Gasteiger partial charge in [-0.1, -0.05) is 172 Å². The Bertz CT molecular complexity index is 2680. The molecule has 3 aliphatic carbocycles. The number of carbonyl (C=O) groups excluding carboxylic acids is 7. The number of rotatable bonds is 34. The summed E-state index contributed by atoms with van der Waals surface area (Å²) in [7, 11) is 0. The molecule has 11 nitrogen and oxygen atoms in total. The lowest BCUT2D eigenvalue weighted by molar-refractivity contribution is -0.246. The maximum atomic E-state index is 16.5. The highest BCUT2D eigenvalue weighted by molar-refractivity contribution is 5.98. The molecule has 0 saturated heterocycles. The molecule has 11 heteroatoms. The van der Waals surface area contributed by atoms with E-state index in [0.717, 1.165) is 37.9 Å². The van der Waals surface area contributed by atoms with E-state index < -0.39 is 45.6 Å². The highest BCUT2D eigenvalue weighted by Crippen LogP contribution is 2.76. The van der Waals surface area contributed by atoms with Gasteiger partial charge in [-0.3, -0.25) is 28.8 Å². The largest absolute Gasteiger partial charge is 0.454 e. The van der Waals surface area contributed by atoms with Crippen LogP contribution in [0.1, 0.15) is 205 Å². The van der Waals surface area contributed by atoms with Crippen molar-refractivity contribution >= 4 is 40.7 Å². The third kappa shape index (κ3) is 15.7. The molecule has 3 aromatic carbocycles. The Balaban J connectivity index is 1.33. The van der Waals surface area contributed by atoms with Crippen molar-refractivity contribution in [3.05, 3.63) is 120 Å². The molecule has 0 N–H and O–H groups in total. The van der Waals surface area contributed by atoms with Crippen LogP contribution >= 0.6 is 0 Å². The van der Waals surface area contributed by atoms with Crippen molar-refractivity contribution < 1.29 is 52.5 Å². The molecule has 3 aliphatic rings. The summed E-state index contributed by atoms with van der Waals surface area (Å²) in [6.07, 6.45) is 5.15. The second kappa shape index (κ2) is 30.9. The first-order valence-electron chi connectivity index (χ1n) is 31.8. The summed E-state index contributed by atoms with van der Waals surface area (Å²) in [5.41, 5.74) is -0.267. The minimum atomic E-state index is -1.41. The van der Waals surface area contributed by atoms with Gasteiger partial charge in [0.15, 0.2) is 23.5 Å². The van der Waals surface area contributed by atoms with E-state index in [0.29, 0.717) is 75.4 Å². The number of hydrogen-bond donors (Lipinski definition) is 0. The molecule has 2 bridgehead atoms. The summed E-state index contributed by atoms with van der Waals surface area (Å²) in [6, 6.07) is 27.5. The van der Waals surface area contributed by atoms with E-state index in [1.54, 1.807) is 31.2 Å². The van der Waals surface area contributed by atoms with Crippen LogP contribution in [0.3, 0.4) is 0 Å². The standard InChI is InChI=1S/C73H102O11/c1-13-14-25-36-81-38-40-83-41-39-82-37-26-24-33-59(75)34-35-66(79)84-68(60(55-27-18-15-19-28-55)45-62(76)56-29-20-16-21-30-56)64(78)44-58-48-70(9)54(8)67(53(58)7)61(43-52(6)74)69(80)72(11)51(5)42-50(4)71(10,47-49(2)3)73(72,12)65(70)46-63(77)57-31-22-17-23-32-57/h15-23,27-32,50-51,53-54,58,60-61,65,67-68H,2,13-14,24-26,33-48H2,1,3-12H3/t50-,51+,53?,54+,58?,60?,61-,65?,67?,68?,70-,71+,72+,73?/m1/s1. The van der Waals surface area contributed by atoms with Crippen LogP contribution < -0.4 is 0 Å². The van der Waals surface area contributed by atoms with Crippen LogP contribution in [0.4, 0.5) is 0 Å². The topological polar surface area (TPSA) is 156 Å². The summed E-state index contributed by atoms with van der Waals surface area (Å²) >= 11 is 0. The average molecular weight is 1160 g/mol. The molecule has 14 atom stereocenters. The van der Waals surface area contributed by atoms with Crippen molar-refractivity contribution in [1.29, 1.82) is 0 Å². The van der Waals surface area contributed by atoms with Gasteiger partial charge in [0, 0.05) is 80.1 Å². The molecule has 84 heavy (non-hydrogen) atoms. The second-order valence-electron chi connectivity index (χ2n) is 26.7. The van der Waals surface area contributed by atoms with Crippen LogP contribution in [-0.2, 0) is 42.9 Å². The van der Waals surface area contributed by atoms with E-state index in [1.807, 2.05) is 66.7 Å². The molecule has 0 radical (unpaired) electrons. The van der Waals surface area contributed by atoms with Crippen LogP contribution in [-0.4, -0.2) is 86.4 Å². The molecule has 0 heterocycles. The molecular weight excluding hydrogens is 1050 g/mol. The van der Waals surface area contributed by atoms with Gasteiger partial charge in [0.25, 0.3) is 0 Å². The van der Waals surface area contributed by atoms with Gasteiger partial charge in [0.1, 0.15) is 17.3 Å². The molecular formula is C73H102O11. The van der Waals surface area contributed by atoms with Gasteiger partial charge >= 0.3 is 5.97 Å². The molecule has 460 valence electrons. The first-order valence-corrected chi connectivity index (χ1v) is 31.8. The fraction of sp³-hybridized carbons (Fsp3) is 0.630. The first kappa shape index (κ1) is 67.9. The lowest BCUT2D eigenvalue weighted by Crippen LogP contribution is -2.71. The zero-order valence-corrected chi connectivity index (χ0v) is 53.0. The fourth-order valence-electron chi connectivity index (χ4n) is 16.5. The smallest absolute Gasteiger partial charge is 0.306 e. The molecule has 0 amide bonds. The molecule has 0 spiro atoms. The molecule has 3 fully saturated rings. The molecule has 3 aromatic rings. The lowest BCUT2D eigenvalue weighted by atomic mass is 9.30. The van der Waals surface area contributed by atoms with E-state index in [9.17, 15) is 19.2 Å². The number of unbranched alkanes of at least 4 members (excludes halogenated alkanes) is 3. The van der Waals surface area contributed by atoms with Crippen LogP contribution in [0.15, 0.2) is 103 Å². The number of allylic oxidation sites excluding steroid dienone is 1. The average Bonchev–Trinajstić information content (AvgIpc) is 0.686. The maximum absolute atomic E-state index is 16.5. The van der Waals surface area contributed by atoms with Gasteiger partial charge < -0.3 is 23.7 Å². The summed E-state index contributed by atoms with van der Waals surface area (Å²) in [5.74, 6) is -4.43. The molecule has 3 saturated carbocycles. The summed E-state index contributed by atoms with van der Waals surface area (Å²) in [6.45, 7) is 31.4. The van der Waals surface area contributed by atoms with Gasteiger partial charge in [-0.25, -0.2) is 0 Å². The predicted octanol–water partition coefficient (Wildman–Crippen LogP) is 15.3. The lowest BCUT2D eigenvalue weighted by Gasteiger charge is -2.73. The number of benzene rings is 3.